The van der Waals surface area contributed by atoms with Gasteiger partial charge in [0, 0.05) is 36.6 Å². The van der Waals surface area contributed by atoms with Crippen LogP contribution in [0, 0.1) is 5.82 Å². The minimum atomic E-state index is -0.259. The molecule has 1 aliphatic rings. The van der Waals surface area contributed by atoms with Crippen molar-refractivity contribution < 1.29 is 9.18 Å². The van der Waals surface area contributed by atoms with Crippen LogP contribution in [0.3, 0.4) is 0 Å². The van der Waals surface area contributed by atoms with E-state index in [1.54, 1.807) is 40.4 Å². The quantitative estimate of drug-likeness (QED) is 0.669. The number of piperazine rings is 1. The van der Waals surface area contributed by atoms with E-state index in [0.29, 0.717) is 18.9 Å². The van der Waals surface area contributed by atoms with E-state index >= 15 is 0 Å². The molecule has 0 spiro atoms. The van der Waals surface area contributed by atoms with Crippen molar-refractivity contribution in [3.05, 3.63) is 70.3 Å². The summed E-state index contributed by atoms with van der Waals surface area (Å²) in [7, 11) is 0. The van der Waals surface area contributed by atoms with Gasteiger partial charge in [0.1, 0.15) is 11.6 Å². The first kappa shape index (κ1) is 18.8. The first-order valence-corrected chi connectivity index (χ1v) is 10.1. The van der Waals surface area contributed by atoms with Crippen molar-refractivity contribution >= 4 is 23.1 Å². The number of thiophene rings is 1. The Morgan fingerprint density at radius 1 is 1.32 bits per heavy atom. The lowest BCUT2D eigenvalue weighted by molar-refractivity contribution is -0.118. The van der Waals surface area contributed by atoms with Crippen LogP contribution in [0.15, 0.2) is 54.0 Å². The van der Waals surface area contributed by atoms with Crippen molar-refractivity contribution in [1.82, 2.24) is 20.0 Å². The molecule has 6 nitrogen and oxygen atoms in total. The molecule has 1 fully saturated rings. The Morgan fingerprint density at radius 3 is 3.07 bits per heavy atom. The van der Waals surface area contributed by atoms with Crippen molar-refractivity contribution in [3.8, 4) is 0 Å². The Hall–Kier alpha value is -2.55. The third kappa shape index (κ3) is 4.46. The Labute approximate surface area is 167 Å². The van der Waals surface area contributed by atoms with Crippen LogP contribution in [-0.4, -0.2) is 46.8 Å². The molecule has 3 aromatic rings. The van der Waals surface area contributed by atoms with E-state index < -0.39 is 0 Å². The van der Waals surface area contributed by atoms with Crippen LogP contribution in [0.4, 0.5) is 10.2 Å². The van der Waals surface area contributed by atoms with Gasteiger partial charge in [0.15, 0.2) is 0 Å². The molecule has 146 valence electrons. The van der Waals surface area contributed by atoms with Gasteiger partial charge in [-0.2, -0.15) is 5.10 Å². The first-order valence-electron chi connectivity index (χ1n) is 9.23. The summed E-state index contributed by atoms with van der Waals surface area (Å²) >= 11 is 1.66. The maximum Gasteiger partial charge on any atom is 0.239 e. The van der Waals surface area contributed by atoms with Crippen LogP contribution in [0.1, 0.15) is 16.5 Å². The Morgan fingerprint density at radius 2 is 2.25 bits per heavy atom. The topological polar surface area (TPSA) is 62.2 Å². The molecule has 1 saturated heterocycles. The highest BCUT2D eigenvalue weighted by Crippen LogP contribution is 2.23. The summed E-state index contributed by atoms with van der Waals surface area (Å²) in [5.74, 6) is 0.317. The summed E-state index contributed by atoms with van der Waals surface area (Å²) in [4.78, 5) is 15.9. The molecule has 8 heteroatoms. The SMILES string of the molecule is O=C(CN1CCNCC1c1cccc(F)c1)Nc1ccnn1Cc1cccs1. The number of anilines is 1. The summed E-state index contributed by atoms with van der Waals surface area (Å²) in [5.41, 5.74) is 0.878. The molecule has 2 aromatic heterocycles. The van der Waals surface area contributed by atoms with Gasteiger partial charge in [-0.3, -0.25) is 9.69 Å². The Bertz CT molecular complexity index is 926. The van der Waals surface area contributed by atoms with E-state index in [1.807, 2.05) is 23.6 Å². The Balaban J connectivity index is 1.42. The highest BCUT2D eigenvalue weighted by molar-refractivity contribution is 7.09. The lowest BCUT2D eigenvalue weighted by Crippen LogP contribution is -2.48. The predicted molar refractivity (Wildman–Crippen MR) is 108 cm³/mol. The van der Waals surface area contributed by atoms with Crippen LogP contribution < -0.4 is 10.6 Å². The third-order valence-corrected chi connectivity index (χ3v) is 5.67. The Kier molecular flexibility index (Phi) is 5.80. The van der Waals surface area contributed by atoms with Crippen molar-refractivity contribution in [2.24, 2.45) is 0 Å². The minimum Gasteiger partial charge on any atom is -0.314 e. The third-order valence-electron chi connectivity index (χ3n) is 4.80. The molecule has 4 rings (SSSR count). The number of carbonyl (C=O) groups excluding carboxylic acids is 1. The van der Waals surface area contributed by atoms with Gasteiger partial charge in [-0.1, -0.05) is 18.2 Å². The fourth-order valence-electron chi connectivity index (χ4n) is 3.46. The number of nitrogens with one attached hydrogen (secondary N) is 2. The number of carbonyl (C=O) groups is 1. The number of hydrogen-bond acceptors (Lipinski definition) is 5. The molecule has 1 aromatic carbocycles. The van der Waals surface area contributed by atoms with E-state index in [9.17, 15) is 9.18 Å². The average molecular weight is 399 g/mol. The molecule has 0 bridgehead atoms. The van der Waals surface area contributed by atoms with Gasteiger partial charge in [0.05, 0.1) is 19.3 Å². The fourth-order valence-corrected chi connectivity index (χ4v) is 4.15. The van der Waals surface area contributed by atoms with E-state index in [0.717, 1.165) is 18.7 Å². The zero-order valence-corrected chi connectivity index (χ0v) is 16.2. The monoisotopic (exact) mass is 399 g/mol. The van der Waals surface area contributed by atoms with Gasteiger partial charge < -0.3 is 10.6 Å². The molecule has 0 aliphatic carbocycles. The van der Waals surface area contributed by atoms with E-state index in [4.69, 9.17) is 0 Å². The van der Waals surface area contributed by atoms with Crippen LogP contribution in [0.5, 0.6) is 0 Å². The number of nitrogens with zero attached hydrogens (tertiary/aromatic N) is 3. The summed E-state index contributed by atoms with van der Waals surface area (Å²) in [5, 5.41) is 12.6. The van der Waals surface area contributed by atoms with Crippen molar-refractivity contribution in [2.75, 3.05) is 31.5 Å². The van der Waals surface area contributed by atoms with Crippen molar-refractivity contribution in [1.29, 1.82) is 0 Å². The highest BCUT2D eigenvalue weighted by atomic mass is 32.1. The van der Waals surface area contributed by atoms with Gasteiger partial charge in [-0.25, -0.2) is 9.07 Å². The molecular formula is C20H22FN5OS. The zero-order chi connectivity index (χ0) is 19.3. The van der Waals surface area contributed by atoms with E-state index in [1.165, 1.54) is 10.9 Å². The highest BCUT2D eigenvalue weighted by Gasteiger charge is 2.26. The van der Waals surface area contributed by atoms with Gasteiger partial charge in [-0.05, 0) is 29.1 Å². The van der Waals surface area contributed by atoms with Crippen molar-refractivity contribution in [2.45, 2.75) is 12.6 Å². The average Bonchev–Trinajstić information content (AvgIpc) is 3.35. The minimum absolute atomic E-state index is 0.0359. The van der Waals surface area contributed by atoms with Gasteiger partial charge in [-0.15, -0.1) is 11.3 Å². The lowest BCUT2D eigenvalue weighted by Gasteiger charge is -2.36. The zero-order valence-electron chi connectivity index (χ0n) is 15.3. The van der Waals surface area contributed by atoms with Crippen LogP contribution in [0.2, 0.25) is 0 Å². The van der Waals surface area contributed by atoms with Crippen LogP contribution >= 0.6 is 11.3 Å². The number of aromatic nitrogens is 2. The second kappa shape index (κ2) is 8.64. The van der Waals surface area contributed by atoms with Gasteiger partial charge in [0.2, 0.25) is 5.91 Å². The van der Waals surface area contributed by atoms with Crippen molar-refractivity contribution in [3.63, 3.8) is 0 Å². The molecule has 1 atom stereocenters. The maximum absolute atomic E-state index is 13.6. The summed E-state index contributed by atoms with van der Waals surface area (Å²) in [6.45, 7) is 3.08. The molecule has 2 N–H and O–H groups in total. The molecular weight excluding hydrogens is 377 g/mol. The normalized spacial score (nSPS) is 17.5. The second-order valence-corrected chi connectivity index (χ2v) is 7.78. The first-order chi connectivity index (χ1) is 13.7. The van der Waals surface area contributed by atoms with Crippen LogP contribution in [-0.2, 0) is 11.3 Å². The van der Waals surface area contributed by atoms with Crippen LogP contribution in [0.25, 0.3) is 0 Å². The van der Waals surface area contributed by atoms with E-state index in [-0.39, 0.29) is 24.3 Å². The van der Waals surface area contributed by atoms with E-state index in [2.05, 4.69) is 20.6 Å². The second-order valence-electron chi connectivity index (χ2n) is 6.75. The standard InChI is InChI=1S/C20H22FN5OS/c21-16-4-1-3-15(11-16)18-12-22-8-9-25(18)14-20(27)24-19-6-7-23-26(19)13-17-5-2-10-28-17/h1-7,10-11,18,22H,8-9,12-14H2,(H,24,27). The lowest BCUT2D eigenvalue weighted by atomic mass is 10.0. The number of benzene rings is 1. The molecule has 1 amide bonds. The summed E-state index contributed by atoms with van der Waals surface area (Å²) in [6, 6.07) is 12.4. The smallest absolute Gasteiger partial charge is 0.239 e. The number of hydrogen-bond donors (Lipinski definition) is 2. The molecule has 0 saturated carbocycles. The molecule has 0 radical (unpaired) electrons. The molecule has 3 heterocycles. The number of halogens is 1. The largest absolute Gasteiger partial charge is 0.314 e. The maximum atomic E-state index is 13.6. The molecule has 28 heavy (non-hydrogen) atoms. The summed E-state index contributed by atoms with van der Waals surface area (Å²) < 4.78 is 15.4. The summed E-state index contributed by atoms with van der Waals surface area (Å²) in [6.07, 6.45) is 1.68. The predicted octanol–water partition coefficient (Wildman–Crippen LogP) is 2.72. The van der Waals surface area contributed by atoms with Gasteiger partial charge >= 0.3 is 0 Å². The number of rotatable bonds is 6. The number of amides is 1. The van der Waals surface area contributed by atoms with Gasteiger partial charge in [0.25, 0.3) is 0 Å². The fraction of sp³-hybridized carbons (Fsp3) is 0.300. The molecule has 1 aliphatic heterocycles. The molecule has 1 unspecified atom stereocenters.